The van der Waals surface area contributed by atoms with Gasteiger partial charge in [-0.25, -0.2) is 23.3 Å². The van der Waals surface area contributed by atoms with Gasteiger partial charge in [0.2, 0.25) is 0 Å². The van der Waals surface area contributed by atoms with Gasteiger partial charge in [-0.3, -0.25) is 0 Å². The molecule has 18 heavy (non-hydrogen) atoms. The van der Waals surface area contributed by atoms with Gasteiger partial charge >= 0.3 is 12.1 Å². The summed E-state index contributed by atoms with van der Waals surface area (Å²) in [6, 6.07) is 1.10. The Morgan fingerprint density at radius 1 is 1.39 bits per heavy atom. The molecular weight excluding hydrogens is 277 g/mol. The standard InChI is InChI=1S/C8H7F3N2O4S/c1-17-7(14)4-2-3-5(8(9,10)11)13-6(4)18(12,15)16/h2-3H,1H3,(H2,12,15,16). The number of nitrogens with two attached hydrogens (primary N) is 1. The Hall–Kier alpha value is -1.68. The van der Waals surface area contributed by atoms with E-state index in [0.29, 0.717) is 12.1 Å². The number of ether oxygens (including phenoxy) is 1. The van der Waals surface area contributed by atoms with Crippen LogP contribution in [0.4, 0.5) is 13.2 Å². The van der Waals surface area contributed by atoms with E-state index in [1.807, 2.05) is 0 Å². The van der Waals surface area contributed by atoms with E-state index in [1.54, 1.807) is 0 Å². The van der Waals surface area contributed by atoms with Crippen molar-refractivity contribution in [2.75, 3.05) is 7.11 Å². The number of aromatic nitrogens is 1. The zero-order chi connectivity index (χ0) is 14.1. The summed E-state index contributed by atoms with van der Waals surface area (Å²) in [5, 5.41) is 3.52. The number of methoxy groups -OCH3 is 1. The van der Waals surface area contributed by atoms with Crippen LogP contribution < -0.4 is 5.14 Å². The first-order chi connectivity index (χ1) is 8.07. The molecule has 0 aliphatic rings. The van der Waals surface area contributed by atoms with Crippen LogP contribution >= 0.6 is 0 Å². The minimum atomic E-state index is -4.85. The summed E-state index contributed by atoms with van der Waals surface area (Å²) >= 11 is 0. The van der Waals surface area contributed by atoms with Crippen molar-refractivity contribution >= 4 is 16.0 Å². The third kappa shape index (κ3) is 2.96. The van der Waals surface area contributed by atoms with Gasteiger partial charge < -0.3 is 4.74 Å². The lowest BCUT2D eigenvalue weighted by atomic mass is 10.2. The van der Waals surface area contributed by atoms with Crippen LogP contribution in [0.15, 0.2) is 17.2 Å². The number of sulfonamides is 1. The fourth-order valence-corrected chi connectivity index (χ4v) is 1.76. The number of nitrogens with zero attached hydrogens (tertiary/aromatic N) is 1. The van der Waals surface area contributed by atoms with Crippen molar-refractivity contribution in [1.82, 2.24) is 4.98 Å². The summed E-state index contributed by atoms with van der Waals surface area (Å²) in [6.45, 7) is 0. The number of pyridine rings is 1. The molecule has 0 aliphatic carbocycles. The van der Waals surface area contributed by atoms with Crippen LogP contribution in [0, 0.1) is 0 Å². The summed E-state index contributed by atoms with van der Waals surface area (Å²) in [5.41, 5.74) is -2.13. The van der Waals surface area contributed by atoms with Gasteiger partial charge in [-0.15, -0.1) is 0 Å². The number of alkyl halides is 3. The first kappa shape index (κ1) is 14.4. The Balaban J connectivity index is 3.55. The second kappa shape index (κ2) is 4.53. The number of halogens is 3. The molecule has 0 saturated heterocycles. The molecule has 1 rings (SSSR count). The maximum atomic E-state index is 12.4. The summed E-state index contributed by atoms with van der Waals surface area (Å²) in [5.74, 6) is -1.15. The highest BCUT2D eigenvalue weighted by Gasteiger charge is 2.35. The van der Waals surface area contributed by atoms with Gasteiger partial charge in [0.05, 0.1) is 12.7 Å². The average Bonchev–Trinajstić information content (AvgIpc) is 2.24. The van der Waals surface area contributed by atoms with Gasteiger partial charge in [-0.1, -0.05) is 0 Å². The third-order valence-electron chi connectivity index (χ3n) is 1.83. The molecule has 2 N–H and O–H groups in total. The minimum absolute atomic E-state index is 0.459. The number of rotatable bonds is 2. The van der Waals surface area contributed by atoms with Crippen LogP contribution in [0.1, 0.15) is 16.1 Å². The highest BCUT2D eigenvalue weighted by atomic mass is 32.2. The number of esters is 1. The Kier molecular flexibility index (Phi) is 3.62. The molecule has 0 aromatic carbocycles. The molecule has 100 valence electrons. The average molecular weight is 284 g/mol. The predicted octanol–water partition coefficient (Wildman–Crippen LogP) is 0.534. The van der Waals surface area contributed by atoms with E-state index in [0.717, 1.165) is 7.11 Å². The number of hydrogen-bond acceptors (Lipinski definition) is 5. The van der Waals surface area contributed by atoms with E-state index in [2.05, 4.69) is 9.72 Å². The second-order valence-electron chi connectivity index (χ2n) is 3.08. The maximum absolute atomic E-state index is 12.4. The summed E-state index contributed by atoms with van der Waals surface area (Å²) in [4.78, 5) is 14.0. The third-order valence-corrected chi connectivity index (χ3v) is 2.68. The first-order valence-corrected chi connectivity index (χ1v) is 5.81. The molecule has 0 aliphatic heterocycles. The van der Waals surface area contributed by atoms with Crippen LogP contribution in [0.5, 0.6) is 0 Å². The lowest BCUT2D eigenvalue weighted by molar-refractivity contribution is -0.141. The molecule has 0 unspecified atom stereocenters. The van der Waals surface area contributed by atoms with Gasteiger partial charge in [-0.05, 0) is 12.1 Å². The molecule has 0 amide bonds. The van der Waals surface area contributed by atoms with Crippen molar-refractivity contribution in [1.29, 1.82) is 0 Å². The van der Waals surface area contributed by atoms with E-state index in [9.17, 15) is 26.4 Å². The highest BCUT2D eigenvalue weighted by Crippen LogP contribution is 2.29. The fraction of sp³-hybridized carbons (Fsp3) is 0.250. The lowest BCUT2D eigenvalue weighted by Gasteiger charge is -2.09. The second-order valence-corrected chi connectivity index (χ2v) is 4.56. The number of primary sulfonamides is 1. The highest BCUT2D eigenvalue weighted by molar-refractivity contribution is 7.89. The summed E-state index contributed by atoms with van der Waals surface area (Å²) in [7, 11) is -3.65. The van der Waals surface area contributed by atoms with Gasteiger partial charge in [0.25, 0.3) is 10.0 Å². The van der Waals surface area contributed by atoms with E-state index in [4.69, 9.17) is 5.14 Å². The van der Waals surface area contributed by atoms with Crippen molar-refractivity contribution in [2.24, 2.45) is 5.14 Å². The Morgan fingerprint density at radius 2 is 1.94 bits per heavy atom. The minimum Gasteiger partial charge on any atom is -0.465 e. The molecule has 0 saturated carbocycles. The van der Waals surface area contributed by atoms with E-state index in [-0.39, 0.29) is 0 Å². The number of hydrogen-bond donors (Lipinski definition) is 1. The van der Waals surface area contributed by atoms with Gasteiger partial charge in [-0.2, -0.15) is 13.2 Å². The van der Waals surface area contributed by atoms with Crippen LogP contribution in [0.25, 0.3) is 0 Å². The zero-order valence-corrected chi connectivity index (χ0v) is 9.67. The van der Waals surface area contributed by atoms with Crippen molar-refractivity contribution in [3.05, 3.63) is 23.4 Å². The molecule has 0 radical (unpaired) electrons. The van der Waals surface area contributed by atoms with Crippen molar-refractivity contribution in [2.45, 2.75) is 11.2 Å². The maximum Gasteiger partial charge on any atom is 0.433 e. The van der Waals surface area contributed by atoms with Gasteiger partial charge in [0.1, 0.15) is 5.69 Å². The topological polar surface area (TPSA) is 99.3 Å². The molecule has 0 spiro atoms. The van der Waals surface area contributed by atoms with E-state index in [1.165, 1.54) is 0 Å². The molecule has 1 aromatic rings. The molecule has 6 nitrogen and oxygen atoms in total. The van der Waals surface area contributed by atoms with Crippen LogP contribution in [0.2, 0.25) is 0 Å². The first-order valence-electron chi connectivity index (χ1n) is 4.26. The van der Waals surface area contributed by atoms with Crippen molar-refractivity contribution in [3.8, 4) is 0 Å². The SMILES string of the molecule is COC(=O)c1ccc(C(F)(F)F)nc1S(N)(=O)=O. The molecule has 1 aromatic heterocycles. The molecule has 10 heteroatoms. The predicted molar refractivity (Wildman–Crippen MR) is 52.0 cm³/mol. The Morgan fingerprint density at radius 3 is 2.33 bits per heavy atom. The fourth-order valence-electron chi connectivity index (χ4n) is 1.08. The summed E-state index contributed by atoms with van der Waals surface area (Å²) in [6.07, 6.45) is -4.85. The number of carbonyl (C=O) groups is 1. The molecular formula is C8H7F3N2O4S. The van der Waals surface area contributed by atoms with E-state index < -0.39 is 38.5 Å². The Bertz CT molecular complexity index is 582. The largest absolute Gasteiger partial charge is 0.465 e. The Labute approximate surface area is 99.6 Å². The zero-order valence-electron chi connectivity index (χ0n) is 8.85. The monoisotopic (exact) mass is 284 g/mol. The molecule has 0 fully saturated rings. The molecule has 0 atom stereocenters. The normalized spacial score (nSPS) is 12.3. The van der Waals surface area contributed by atoms with Crippen molar-refractivity contribution in [3.63, 3.8) is 0 Å². The van der Waals surface area contributed by atoms with Crippen molar-refractivity contribution < 1.29 is 31.1 Å². The number of carbonyl (C=O) groups excluding carboxylic acids is 1. The molecule has 1 heterocycles. The van der Waals surface area contributed by atoms with Crippen LogP contribution in [-0.4, -0.2) is 26.5 Å². The summed E-state index contributed by atoms with van der Waals surface area (Å²) < 4.78 is 63.5. The van der Waals surface area contributed by atoms with Crippen LogP contribution in [-0.2, 0) is 20.9 Å². The smallest absolute Gasteiger partial charge is 0.433 e. The van der Waals surface area contributed by atoms with Gasteiger partial charge in [0.15, 0.2) is 5.03 Å². The van der Waals surface area contributed by atoms with Crippen LogP contribution in [0.3, 0.4) is 0 Å². The lowest BCUT2D eigenvalue weighted by Crippen LogP contribution is -2.21. The quantitative estimate of drug-likeness (QED) is 0.799. The van der Waals surface area contributed by atoms with Gasteiger partial charge in [0, 0.05) is 0 Å². The van der Waals surface area contributed by atoms with E-state index >= 15 is 0 Å². The molecule has 0 bridgehead atoms.